The Kier molecular flexibility index (Phi) is 5.78. The van der Waals surface area contributed by atoms with E-state index < -0.39 is 5.97 Å². The number of rotatable bonds is 5. The molecule has 0 aromatic rings. The fraction of sp³-hybridized carbons (Fsp3) is 0.917. The van der Waals surface area contributed by atoms with Crippen LogP contribution in [0.3, 0.4) is 0 Å². The van der Waals surface area contributed by atoms with Gasteiger partial charge in [-0.25, -0.2) is 0 Å². The molecule has 0 aliphatic heterocycles. The molecule has 2 aliphatic carbocycles. The Hall–Kier alpha value is 0.430. The molecule has 2 aliphatic rings. The summed E-state index contributed by atoms with van der Waals surface area (Å²) in [7, 11) is 0. The van der Waals surface area contributed by atoms with Crippen LogP contribution in [0.1, 0.15) is 39.0 Å². The van der Waals surface area contributed by atoms with E-state index in [-0.39, 0.29) is 41.6 Å². The van der Waals surface area contributed by atoms with Gasteiger partial charge in [0.1, 0.15) is 0 Å². The molecule has 0 aromatic carbocycles. The molecule has 2 bridgehead atoms. The molecule has 0 amide bonds. The first-order valence-corrected chi connectivity index (χ1v) is 6.06. The van der Waals surface area contributed by atoms with Gasteiger partial charge in [-0.1, -0.05) is 13.3 Å². The van der Waals surface area contributed by atoms with Crippen molar-refractivity contribution in [3.05, 3.63) is 0 Å². The van der Waals surface area contributed by atoms with Gasteiger partial charge >= 0.3 is 29.6 Å². The quantitative estimate of drug-likeness (QED) is 0.407. The van der Waals surface area contributed by atoms with Gasteiger partial charge in [0, 0.05) is 18.5 Å². The number of ether oxygens (including phenoxy) is 1. The van der Waals surface area contributed by atoms with E-state index in [0.29, 0.717) is 18.4 Å². The molecule has 4 heteroatoms. The van der Waals surface area contributed by atoms with Gasteiger partial charge in [0.2, 0.25) is 0 Å². The van der Waals surface area contributed by atoms with Crippen LogP contribution in [0.2, 0.25) is 0 Å². The topological polar surface area (TPSA) is 49.4 Å². The Labute approximate surface area is 119 Å². The maximum atomic E-state index is 11.0. The monoisotopic (exact) mass is 234 g/mol. The summed E-state index contributed by atoms with van der Waals surface area (Å²) >= 11 is 0. The number of fused-ring (bicyclic) bond motifs is 2. The van der Waals surface area contributed by atoms with E-state index in [9.17, 15) is 9.90 Å². The summed E-state index contributed by atoms with van der Waals surface area (Å²) < 4.78 is 5.73. The molecule has 2 saturated carbocycles. The van der Waals surface area contributed by atoms with Crippen LogP contribution in [0.5, 0.6) is 0 Å². The number of carbonyl (C=O) groups excluding carboxylic acids is 1. The second kappa shape index (κ2) is 6.39. The molecule has 0 saturated heterocycles. The Balaban J connectivity index is 0.00000128. The molecule has 4 atom stereocenters. The van der Waals surface area contributed by atoms with Crippen LogP contribution in [0.4, 0.5) is 0 Å². The van der Waals surface area contributed by atoms with E-state index in [2.05, 4.69) is 6.92 Å². The van der Waals surface area contributed by atoms with Gasteiger partial charge in [0.25, 0.3) is 0 Å². The first kappa shape index (κ1) is 14.5. The van der Waals surface area contributed by atoms with Crippen LogP contribution >= 0.6 is 0 Å². The average Bonchev–Trinajstić information content (AvgIpc) is 2.77. The third kappa shape index (κ3) is 2.81. The largest absolute Gasteiger partial charge is 1.00 e. The molecule has 0 spiro atoms. The number of unbranched alkanes of at least 4 members (excludes halogenated alkanes) is 1. The summed E-state index contributed by atoms with van der Waals surface area (Å²) in [5.41, 5.74) is 0. The molecule has 4 unspecified atom stereocenters. The van der Waals surface area contributed by atoms with Crippen molar-refractivity contribution in [2.75, 3.05) is 6.61 Å². The second-order valence-corrected chi connectivity index (χ2v) is 4.87. The number of carboxylic acids is 1. The summed E-state index contributed by atoms with van der Waals surface area (Å²) in [6, 6.07) is 0. The standard InChI is InChI=1S/C12H20O3.Na/c1-2-3-6-15-11-9-5-4-8(7-9)10(11)12(13)14;/h8-11H,2-7H2,1H3,(H,13,14);/q;+1/p-1. The minimum absolute atomic E-state index is 0. The summed E-state index contributed by atoms with van der Waals surface area (Å²) in [5, 5.41) is 11.0. The number of carboxylic acid groups (broad SMARTS) is 1. The van der Waals surface area contributed by atoms with Gasteiger partial charge in [0.05, 0.1) is 6.10 Å². The summed E-state index contributed by atoms with van der Waals surface area (Å²) in [5.74, 6) is -0.425. The van der Waals surface area contributed by atoms with Crippen LogP contribution in [0.15, 0.2) is 0 Å². The van der Waals surface area contributed by atoms with Gasteiger partial charge in [-0.2, -0.15) is 0 Å². The molecule has 16 heavy (non-hydrogen) atoms. The predicted octanol–water partition coefficient (Wildman–Crippen LogP) is -2.03. The normalized spacial score (nSPS) is 36.1. The van der Waals surface area contributed by atoms with Crippen molar-refractivity contribution < 1.29 is 44.2 Å². The third-order valence-corrected chi connectivity index (χ3v) is 3.92. The maximum Gasteiger partial charge on any atom is 1.00 e. The molecular weight excluding hydrogens is 215 g/mol. The predicted molar refractivity (Wildman–Crippen MR) is 54.0 cm³/mol. The minimum atomic E-state index is -0.899. The van der Waals surface area contributed by atoms with E-state index in [0.717, 1.165) is 32.1 Å². The van der Waals surface area contributed by atoms with Crippen LogP contribution in [-0.2, 0) is 9.53 Å². The number of hydrogen-bond donors (Lipinski definition) is 0. The molecule has 0 N–H and O–H groups in total. The van der Waals surface area contributed by atoms with Crippen LogP contribution in [-0.4, -0.2) is 18.7 Å². The van der Waals surface area contributed by atoms with Gasteiger partial charge in [-0.15, -0.1) is 0 Å². The smallest absolute Gasteiger partial charge is 0.550 e. The van der Waals surface area contributed by atoms with E-state index in [1.54, 1.807) is 0 Å². The van der Waals surface area contributed by atoms with Crippen molar-refractivity contribution in [2.24, 2.45) is 17.8 Å². The third-order valence-electron chi connectivity index (χ3n) is 3.92. The Bertz CT molecular complexity index is 244. The summed E-state index contributed by atoms with van der Waals surface area (Å²) in [6.45, 7) is 2.81. The molecule has 86 valence electrons. The molecular formula is C12H19NaO3. The molecule has 0 heterocycles. The van der Waals surface area contributed by atoms with E-state index >= 15 is 0 Å². The van der Waals surface area contributed by atoms with Crippen LogP contribution in [0.25, 0.3) is 0 Å². The van der Waals surface area contributed by atoms with E-state index in [4.69, 9.17) is 4.74 Å². The van der Waals surface area contributed by atoms with Crippen molar-refractivity contribution in [3.8, 4) is 0 Å². The second-order valence-electron chi connectivity index (χ2n) is 4.87. The van der Waals surface area contributed by atoms with Crippen molar-refractivity contribution in [1.82, 2.24) is 0 Å². The maximum absolute atomic E-state index is 11.0. The van der Waals surface area contributed by atoms with E-state index in [1.807, 2.05) is 0 Å². The fourth-order valence-corrected chi connectivity index (χ4v) is 3.17. The van der Waals surface area contributed by atoms with Crippen LogP contribution in [0, 0.1) is 17.8 Å². The first-order valence-electron chi connectivity index (χ1n) is 6.06. The minimum Gasteiger partial charge on any atom is -0.550 e. The van der Waals surface area contributed by atoms with Gasteiger partial charge in [-0.3, -0.25) is 0 Å². The van der Waals surface area contributed by atoms with Crippen molar-refractivity contribution in [3.63, 3.8) is 0 Å². The summed E-state index contributed by atoms with van der Waals surface area (Å²) in [4.78, 5) is 11.0. The van der Waals surface area contributed by atoms with Crippen molar-refractivity contribution in [1.29, 1.82) is 0 Å². The van der Waals surface area contributed by atoms with Crippen LogP contribution < -0.4 is 34.7 Å². The molecule has 3 nitrogen and oxygen atoms in total. The van der Waals surface area contributed by atoms with Gasteiger partial charge in [-0.05, 0) is 37.5 Å². The zero-order valence-corrected chi connectivity index (χ0v) is 12.3. The number of aliphatic carboxylic acids is 1. The Morgan fingerprint density at radius 3 is 2.69 bits per heavy atom. The average molecular weight is 234 g/mol. The Morgan fingerprint density at radius 1 is 1.38 bits per heavy atom. The van der Waals surface area contributed by atoms with E-state index in [1.165, 1.54) is 0 Å². The first-order chi connectivity index (χ1) is 7.24. The zero-order valence-electron chi connectivity index (χ0n) is 10.3. The van der Waals surface area contributed by atoms with Crippen molar-refractivity contribution in [2.45, 2.75) is 45.1 Å². The molecule has 0 radical (unpaired) electrons. The zero-order chi connectivity index (χ0) is 10.8. The number of hydrogen-bond acceptors (Lipinski definition) is 3. The molecule has 2 rings (SSSR count). The SMILES string of the molecule is CCCCOC1C2CCC(C2)C1C(=O)[O-].[Na+]. The fourth-order valence-electron chi connectivity index (χ4n) is 3.17. The molecule has 2 fully saturated rings. The molecule has 0 aromatic heterocycles. The summed E-state index contributed by atoms with van der Waals surface area (Å²) in [6.07, 6.45) is 5.29. The number of carbonyl (C=O) groups is 1. The Morgan fingerprint density at radius 2 is 2.06 bits per heavy atom. The van der Waals surface area contributed by atoms with Gasteiger partial charge < -0.3 is 14.6 Å². The van der Waals surface area contributed by atoms with Gasteiger partial charge in [0.15, 0.2) is 0 Å². The van der Waals surface area contributed by atoms with Crippen molar-refractivity contribution >= 4 is 5.97 Å².